The number of aliphatic hydroxyl groups is 1. The van der Waals surface area contributed by atoms with Crippen molar-refractivity contribution in [2.45, 2.75) is 24.5 Å². The topological polar surface area (TPSA) is 58.3 Å². The summed E-state index contributed by atoms with van der Waals surface area (Å²) in [5.74, 6) is 0. The lowest BCUT2D eigenvalue weighted by molar-refractivity contribution is 0.231. The van der Waals surface area contributed by atoms with Crippen molar-refractivity contribution in [2.75, 3.05) is 6.61 Å². The lowest BCUT2D eigenvalue weighted by Gasteiger charge is -2.22. The number of rotatable bonds is 4. The molecule has 3 rings (SSSR count). The molecule has 2 aromatic carbocycles. The Morgan fingerprint density at radius 1 is 1.05 bits per heavy atom. The number of aliphatic hydroxyl groups excluding tert-OH is 1. The third-order valence-electron chi connectivity index (χ3n) is 4.05. The molecular weight excluding hydrogens is 248 g/mol. The SMILES string of the molecule is NC1CC(N[C@H](CO)c2ccccc2)c2ccccc21. The summed E-state index contributed by atoms with van der Waals surface area (Å²) in [7, 11) is 0. The fourth-order valence-corrected chi connectivity index (χ4v) is 3.01. The Morgan fingerprint density at radius 2 is 1.70 bits per heavy atom. The first-order valence-corrected chi connectivity index (χ1v) is 7.06. The summed E-state index contributed by atoms with van der Waals surface area (Å²) in [5.41, 5.74) is 9.77. The van der Waals surface area contributed by atoms with Gasteiger partial charge in [0.15, 0.2) is 0 Å². The van der Waals surface area contributed by atoms with Gasteiger partial charge in [0, 0.05) is 12.1 Å². The molecule has 0 amide bonds. The van der Waals surface area contributed by atoms with Crippen LogP contribution in [-0.2, 0) is 0 Å². The lowest BCUT2D eigenvalue weighted by atomic mass is 10.0. The van der Waals surface area contributed by atoms with Crippen LogP contribution in [0.4, 0.5) is 0 Å². The summed E-state index contributed by atoms with van der Waals surface area (Å²) in [6, 6.07) is 18.6. The maximum atomic E-state index is 9.66. The number of nitrogens with two attached hydrogens (primary N) is 1. The second kappa shape index (κ2) is 5.75. The molecule has 0 heterocycles. The number of hydrogen-bond donors (Lipinski definition) is 3. The first-order valence-electron chi connectivity index (χ1n) is 7.06. The fraction of sp³-hybridized carbons (Fsp3) is 0.294. The molecule has 0 aromatic heterocycles. The number of hydrogen-bond acceptors (Lipinski definition) is 3. The summed E-state index contributed by atoms with van der Waals surface area (Å²) in [6.45, 7) is 0.0813. The van der Waals surface area contributed by atoms with Gasteiger partial charge >= 0.3 is 0 Å². The maximum absolute atomic E-state index is 9.66. The van der Waals surface area contributed by atoms with E-state index in [-0.39, 0.29) is 24.7 Å². The highest BCUT2D eigenvalue weighted by Gasteiger charge is 2.29. The van der Waals surface area contributed by atoms with E-state index in [1.54, 1.807) is 0 Å². The number of benzene rings is 2. The van der Waals surface area contributed by atoms with Crippen LogP contribution in [-0.4, -0.2) is 11.7 Å². The van der Waals surface area contributed by atoms with Crippen molar-refractivity contribution in [3.63, 3.8) is 0 Å². The van der Waals surface area contributed by atoms with Gasteiger partial charge in [0.05, 0.1) is 12.6 Å². The van der Waals surface area contributed by atoms with Crippen molar-refractivity contribution in [1.29, 1.82) is 0 Å². The zero-order valence-corrected chi connectivity index (χ0v) is 11.4. The predicted molar refractivity (Wildman–Crippen MR) is 80.1 cm³/mol. The monoisotopic (exact) mass is 268 g/mol. The van der Waals surface area contributed by atoms with Crippen LogP contribution in [0.5, 0.6) is 0 Å². The molecular formula is C17H20N2O. The molecule has 0 saturated carbocycles. The molecule has 0 saturated heterocycles. The minimum absolute atomic E-state index is 0.0560. The lowest BCUT2D eigenvalue weighted by Crippen LogP contribution is -2.28. The summed E-state index contributed by atoms with van der Waals surface area (Å²) < 4.78 is 0. The van der Waals surface area contributed by atoms with E-state index < -0.39 is 0 Å². The van der Waals surface area contributed by atoms with Crippen LogP contribution in [0, 0.1) is 0 Å². The van der Waals surface area contributed by atoms with Crippen LogP contribution in [0.3, 0.4) is 0 Å². The molecule has 0 fully saturated rings. The third-order valence-corrected chi connectivity index (χ3v) is 4.05. The molecule has 3 heteroatoms. The first-order chi connectivity index (χ1) is 9.79. The van der Waals surface area contributed by atoms with E-state index in [1.807, 2.05) is 42.5 Å². The van der Waals surface area contributed by atoms with E-state index in [2.05, 4.69) is 17.4 Å². The van der Waals surface area contributed by atoms with E-state index in [9.17, 15) is 5.11 Å². The van der Waals surface area contributed by atoms with Gasteiger partial charge in [-0.15, -0.1) is 0 Å². The fourth-order valence-electron chi connectivity index (χ4n) is 3.01. The van der Waals surface area contributed by atoms with E-state index in [4.69, 9.17) is 5.73 Å². The maximum Gasteiger partial charge on any atom is 0.0626 e. The third kappa shape index (κ3) is 2.48. The first kappa shape index (κ1) is 13.3. The average Bonchev–Trinajstić information content (AvgIpc) is 2.82. The second-order valence-electron chi connectivity index (χ2n) is 5.34. The summed E-state index contributed by atoms with van der Waals surface area (Å²) >= 11 is 0. The van der Waals surface area contributed by atoms with Crippen LogP contribution >= 0.6 is 0 Å². The smallest absolute Gasteiger partial charge is 0.0626 e. The summed E-state index contributed by atoms with van der Waals surface area (Å²) in [4.78, 5) is 0. The Bertz CT molecular complexity index is 570. The van der Waals surface area contributed by atoms with Gasteiger partial charge in [0.1, 0.15) is 0 Å². The molecule has 0 spiro atoms. The molecule has 104 valence electrons. The van der Waals surface area contributed by atoms with E-state index in [0.717, 1.165) is 12.0 Å². The molecule has 1 aliphatic carbocycles. The zero-order valence-electron chi connectivity index (χ0n) is 11.4. The highest BCUT2D eigenvalue weighted by molar-refractivity contribution is 5.37. The predicted octanol–water partition coefficient (Wildman–Crippen LogP) is 2.45. The normalized spacial score (nSPS) is 22.5. The van der Waals surface area contributed by atoms with Crippen LogP contribution in [0.1, 0.15) is 41.2 Å². The second-order valence-corrected chi connectivity index (χ2v) is 5.34. The van der Waals surface area contributed by atoms with Crippen molar-refractivity contribution in [3.8, 4) is 0 Å². The van der Waals surface area contributed by atoms with Gasteiger partial charge in [-0.1, -0.05) is 54.6 Å². The standard InChI is InChI=1S/C17H20N2O/c18-15-10-16(14-9-5-4-8-13(14)15)19-17(11-20)12-6-2-1-3-7-12/h1-9,15-17,19-20H,10-11,18H2/t15?,16?,17-/m1/s1. The number of nitrogens with one attached hydrogen (secondary N) is 1. The Labute approximate surface area is 119 Å². The highest BCUT2D eigenvalue weighted by atomic mass is 16.3. The molecule has 3 nitrogen and oxygen atoms in total. The largest absolute Gasteiger partial charge is 0.394 e. The van der Waals surface area contributed by atoms with Crippen LogP contribution in [0.25, 0.3) is 0 Å². The average molecular weight is 268 g/mol. The molecule has 20 heavy (non-hydrogen) atoms. The Kier molecular flexibility index (Phi) is 3.83. The van der Waals surface area contributed by atoms with Crippen molar-refractivity contribution < 1.29 is 5.11 Å². The summed E-state index contributed by atoms with van der Waals surface area (Å²) in [6.07, 6.45) is 0.878. The van der Waals surface area contributed by atoms with Gasteiger partial charge in [-0.05, 0) is 23.1 Å². The van der Waals surface area contributed by atoms with Gasteiger partial charge in [-0.2, -0.15) is 0 Å². The quantitative estimate of drug-likeness (QED) is 0.798. The molecule has 2 aromatic rings. The van der Waals surface area contributed by atoms with E-state index in [1.165, 1.54) is 11.1 Å². The number of fused-ring (bicyclic) bond motifs is 1. The Hall–Kier alpha value is -1.68. The molecule has 0 radical (unpaired) electrons. The van der Waals surface area contributed by atoms with E-state index in [0.29, 0.717) is 0 Å². The van der Waals surface area contributed by atoms with Crippen molar-refractivity contribution >= 4 is 0 Å². The van der Waals surface area contributed by atoms with Gasteiger partial charge in [-0.3, -0.25) is 0 Å². The summed E-state index contributed by atoms with van der Waals surface area (Å²) in [5, 5.41) is 13.2. The minimum Gasteiger partial charge on any atom is -0.394 e. The zero-order chi connectivity index (χ0) is 13.9. The van der Waals surface area contributed by atoms with Gasteiger partial charge in [-0.25, -0.2) is 0 Å². The molecule has 2 unspecified atom stereocenters. The molecule has 4 N–H and O–H groups in total. The van der Waals surface area contributed by atoms with Gasteiger partial charge in [0.25, 0.3) is 0 Å². The molecule has 3 atom stereocenters. The Morgan fingerprint density at radius 3 is 2.40 bits per heavy atom. The van der Waals surface area contributed by atoms with Gasteiger partial charge < -0.3 is 16.2 Å². The van der Waals surface area contributed by atoms with Crippen molar-refractivity contribution in [2.24, 2.45) is 5.73 Å². The molecule has 0 bridgehead atoms. The van der Waals surface area contributed by atoms with Gasteiger partial charge in [0.2, 0.25) is 0 Å². The highest BCUT2D eigenvalue weighted by Crippen LogP contribution is 2.38. The van der Waals surface area contributed by atoms with Crippen LogP contribution < -0.4 is 11.1 Å². The van der Waals surface area contributed by atoms with E-state index >= 15 is 0 Å². The van der Waals surface area contributed by atoms with Crippen LogP contribution in [0.2, 0.25) is 0 Å². The van der Waals surface area contributed by atoms with Crippen molar-refractivity contribution in [1.82, 2.24) is 5.32 Å². The molecule has 1 aliphatic rings. The van der Waals surface area contributed by atoms with Crippen molar-refractivity contribution in [3.05, 3.63) is 71.3 Å². The molecule has 0 aliphatic heterocycles. The van der Waals surface area contributed by atoms with Crippen LogP contribution in [0.15, 0.2) is 54.6 Å². The minimum atomic E-state index is -0.0560. The Balaban J connectivity index is 1.81.